The number of anilines is 1. The van der Waals surface area contributed by atoms with Crippen LogP contribution in [0.1, 0.15) is 65.6 Å². The summed E-state index contributed by atoms with van der Waals surface area (Å²) < 4.78 is 5.29. The zero-order chi connectivity index (χ0) is 23.7. The first-order chi connectivity index (χ1) is 15.8. The Kier molecular flexibility index (Phi) is 5.70. The van der Waals surface area contributed by atoms with Gasteiger partial charge in [0.25, 0.3) is 11.8 Å². The number of benzene rings is 3. The predicted molar refractivity (Wildman–Crippen MR) is 120 cm³/mol. The zero-order valence-electron chi connectivity index (χ0n) is 17.9. The van der Waals surface area contributed by atoms with Gasteiger partial charge in [0.05, 0.1) is 22.4 Å². The van der Waals surface area contributed by atoms with E-state index in [9.17, 15) is 24.0 Å². The molecule has 1 heterocycles. The quantitative estimate of drug-likeness (QED) is 0.324. The molecule has 7 nitrogen and oxygen atoms in total. The number of hydrogen-bond acceptors (Lipinski definition) is 6. The van der Waals surface area contributed by atoms with Crippen molar-refractivity contribution in [2.75, 3.05) is 4.90 Å². The Morgan fingerprint density at radius 2 is 1.36 bits per heavy atom. The number of esters is 1. The fraction of sp³-hybridized carbons (Fsp3) is 0.115. The summed E-state index contributed by atoms with van der Waals surface area (Å²) in [7, 11) is 0. The molecule has 0 fully saturated rings. The van der Waals surface area contributed by atoms with E-state index in [4.69, 9.17) is 4.74 Å². The maximum atomic E-state index is 12.9. The van der Waals surface area contributed by atoms with Crippen molar-refractivity contribution in [3.63, 3.8) is 0 Å². The second kappa shape index (κ2) is 8.63. The molecule has 3 aromatic carbocycles. The van der Waals surface area contributed by atoms with Gasteiger partial charge in [-0.15, -0.1) is 0 Å². The first kappa shape index (κ1) is 21.8. The number of rotatable bonds is 6. The molecule has 0 radical (unpaired) electrons. The first-order valence-electron chi connectivity index (χ1n) is 10.2. The molecule has 0 unspecified atom stereocenters. The van der Waals surface area contributed by atoms with Gasteiger partial charge in [0.15, 0.2) is 11.9 Å². The summed E-state index contributed by atoms with van der Waals surface area (Å²) in [6.07, 6.45) is -1.03. The van der Waals surface area contributed by atoms with Crippen LogP contribution in [0.25, 0.3) is 0 Å². The summed E-state index contributed by atoms with van der Waals surface area (Å²) >= 11 is 0. The van der Waals surface area contributed by atoms with Gasteiger partial charge in [0.1, 0.15) is 0 Å². The van der Waals surface area contributed by atoms with Crippen molar-refractivity contribution in [3.05, 3.63) is 101 Å². The predicted octanol–water partition coefficient (Wildman–Crippen LogP) is 4.12. The molecule has 4 rings (SSSR count). The normalized spacial score (nSPS) is 13.5. The maximum Gasteiger partial charge on any atom is 0.338 e. The minimum Gasteiger partial charge on any atom is -0.451 e. The number of imide groups is 1. The van der Waals surface area contributed by atoms with E-state index in [1.165, 1.54) is 56.3 Å². The van der Waals surface area contributed by atoms with Gasteiger partial charge < -0.3 is 4.74 Å². The number of ketones is 2. The zero-order valence-corrected chi connectivity index (χ0v) is 17.9. The van der Waals surface area contributed by atoms with Crippen LogP contribution in [0.4, 0.5) is 5.69 Å². The molecule has 7 heteroatoms. The highest BCUT2D eigenvalue weighted by Gasteiger charge is 2.37. The van der Waals surface area contributed by atoms with E-state index >= 15 is 0 Å². The highest BCUT2D eigenvalue weighted by molar-refractivity contribution is 6.34. The van der Waals surface area contributed by atoms with Gasteiger partial charge in [-0.1, -0.05) is 30.3 Å². The van der Waals surface area contributed by atoms with Crippen molar-refractivity contribution in [1.82, 2.24) is 0 Å². The van der Waals surface area contributed by atoms with E-state index in [-0.39, 0.29) is 28.3 Å². The molecule has 0 aliphatic carbocycles. The van der Waals surface area contributed by atoms with Crippen molar-refractivity contribution >= 4 is 35.0 Å². The fourth-order valence-corrected chi connectivity index (χ4v) is 3.57. The van der Waals surface area contributed by atoms with Crippen LogP contribution in [0.3, 0.4) is 0 Å². The van der Waals surface area contributed by atoms with Gasteiger partial charge >= 0.3 is 5.97 Å². The van der Waals surface area contributed by atoms with Gasteiger partial charge in [-0.05, 0) is 56.3 Å². The number of hydrogen-bond donors (Lipinski definition) is 0. The lowest BCUT2D eigenvalue weighted by Gasteiger charge is -2.14. The second-order valence-corrected chi connectivity index (χ2v) is 7.59. The number of carbonyl (C=O) groups excluding carboxylic acids is 5. The summed E-state index contributed by atoms with van der Waals surface area (Å²) in [5.74, 6) is -2.38. The number of carbonyl (C=O) groups is 5. The lowest BCUT2D eigenvalue weighted by atomic mass is 10.1. The fourth-order valence-electron chi connectivity index (χ4n) is 3.57. The van der Waals surface area contributed by atoms with Crippen LogP contribution in [0.15, 0.2) is 72.8 Å². The van der Waals surface area contributed by atoms with Crippen molar-refractivity contribution in [1.29, 1.82) is 0 Å². The van der Waals surface area contributed by atoms with E-state index < -0.39 is 23.9 Å². The van der Waals surface area contributed by atoms with E-state index in [0.717, 1.165) is 4.90 Å². The minimum atomic E-state index is -1.03. The molecule has 0 bridgehead atoms. The second-order valence-electron chi connectivity index (χ2n) is 7.59. The number of Topliss-reactive ketones (excluding diaryl/α,β-unsaturated/α-hetero) is 2. The molecule has 164 valence electrons. The van der Waals surface area contributed by atoms with Crippen molar-refractivity contribution in [2.24, 2.45) is 0 Å². The molecule has 3 aromatic rings. The van der Waals surface area contributed by atoms with Crippen molar-refractivity contribution in [3.8, 4) is 0 Å². The van der Waals surface area contributed by atoms with Gasteiger partial charge in [-0.25, -0.2) is 9.69 Å². The number of amides is 2. The van der Waals surface area contributed by atoms with Crippen LogP contribution in [-0.2, 0) is 4.74 Å². The van der Waals surface area contributed by atoms with Crippen molar-refractivity contribution in [2.45, 2.75) is 20.0 Å². The Balaban J connectivity index is 1.54. The topological polar surface area (TPSA) is 97.8 Å². The number of fused-ring (bicyclic) bond motifs is 1. The van der Waals surface area contributed by atoms with Crippen LogP contribution < -0.4 is 4.90 Å². The smallest absolute Gasteiger partial charge is 0.338 e. The summed E-state index contributed by atoms with van der Waals surface area (Å²) in [4.78, 5) is 63.3. The van der Waals surface area contributed by atoms with Gasteiger partial charge in [-0.3, -0.25) is 19.2 Å². The lowest BCUT2D eigenvalue weighted by molar-refractivity contribution is 0.0318. The molecule has 0 N–H and O–H groups in total. The molecular weight excluding hydrogens is 422 g/mol. The van der Waals surface area contributed by atoms with E-state index in [1.807, 2.05) is 0 Å². The molecule has 1 aliphatic rings. The average molecular weight is 441 g/mol. The van der Waals surface area contributed by atoms with E-state index in [0.29, 0.717) is 16.8 Å². The molecule has 0 saturated heterocycles. The highest BCUT2D eigenvalue weighted by Crippen LogP contribution is 2.29. The molecule has 0 spiro atoms. The molecule has 1 aliphatic heterocycles. The third-order valence-corrected chi connectivity index (χ3v) is 5.37. The Morgan fingerprint density at radius 1 is 0.758 bits per heavy atom. The van der Waals surface area contributed by atoms with Crippen LogP contribution in [0.5, 0.6) is 0 Å². The van der Waals surface area contributed by atoms with E-state index in [1.54, 1.807) is 30.3 Å². The number of nitrogens with zero attached hydrogens (tertiary/aromatic N) is 1. The molecule has 33 heavy (non-hydrogen) atoms. The van der Waals surface area contributed by atoms with E-state index in [2.05, 4.69) is 0 Å². The standard InChI is InChI=1S/C26H19NO6/c1-15(28)17-8-11-20(12-9-17)27-24(30)21-13-10-19(14-22(21)25(27)31)26(32)33-16(2)23(29)18-6-4-3-5-7-18/h3-14,16H,1-2H3/t16-/m1/s1. The number of ether oxygens (including phenoxy) is 1. The third kappa shape index (κ3) is 4.08. The summed E-state index contributed by atoms with van der Waals surface area (Å²) in [5, 5.41) is 0. The van der Waals surface area contributed by atoms with Gasteiger partial charge in [0.2, 0.25) is 5.78 Å². The molecule has 2 amide bonds. The van der Waals surface area contributed by atoms with Crippen LogP contribution in [0.2, 0.25) is 0 Å². The maximum absolute atomic E-state index is 12.9. The SMILES string of the molecule is CC(=O)c1ccc(N2C(=O)c3ccc(C(=O)O[C@H](C)C(=O)c4ccccc4)cc3C2=O)cc1. The van der Waals surface area contributed by atoms with Crippen LogP contribution >= 0.6 is 0 Å². The average Bonchev–Trinajstić information content (AvgIpc) is 3.08. The third-order valence-electron chi connectivity index (χ3n) is 5.37. The first-order valence-corrected chi connectivity index (χ1v) is 10.2. The Labute approximate surface area is 189 Å². The molecular formula is C26H19NO6. The van der Waals surface area contributed by atoms with Crippen LogP contribution in [-0.4, -0.2) is 35.5 Å². The highest BCUT2D eigenvalue weighted by atomic mass is 16.5. The van der Waals surface area contributed by atoms with Gasteiger partial charge in [0, 0.05) is 11.1 Å². The Hall–Kier alpha value is -4.39. The monoisotopic (exact) mass is 441 g/mol. The van der Waals surface area contributed by atoms with Gasteiger partial charge in [-0.2, -0.15) is 0 Å². The lowest BCUT2D eigenvalue weighted by Crippen LogP contribution is -2.29. The summed E-state index contributed by atoms with van der Waals surface area (Å²) in [6.45, 7) is 2.90. The van der Waals surface area contributed by atoms with Crippen molar-refractivity contribution < 1.29 is 28.7 Å². The minimum absolute atomic E-state index is 0.0522. The largest absolute Gasteiger partial charge is 0.451 e. The molecule has 0 saturated carbocycles. The summed E-state index contributed by atoms with van der Waals surface area (Å²) in [6, 6.07) is 18.6. The Morgan fingerprint density at radius 3 is 2.00 bits per heavy atom. The molecule has 1 atom stereocenters. The summed E-state index contributed by atoms with van der Waals surface area (Å²) in [5.41, 5.74) is 1.46. The Bertz CT molecular complexity index is 1290. The van der Waals surface area contributed by atoms with Crippen LogP contribution in [0, 0.1) is 0 Å². The molecule has 0 aromatic heterocycles.